The van der Waals surface area contributed by atoms with Gasteiger partial charge in [-0.05, 0) is 49.7 Å². The Bertz CT molecular complexity index is 1650. The third-order valence-electron chi connectivity index (χ3n) is 6.41. The second kappa shape index (κ2) is 10.7. The van der Waals surface area contributed by atoms with Gasteiger partial charge in [-0.3, -0.25) is 18.9 Å². The molecule has 5 rings (SSSR count). The van der Waals surface area contributed by atoms with Crippen LogP contribution < -0.4 is 21.3 Å². The first kappa shape index (κ1) is 27.4. The number of thiophene rings is 1. The number of nitrogens with zero attached hydrogens (tertiary/aromatic N) is 3. The van der Waals surface area contributed by atoms with Gasteiger partial charge in [-0.2, -0.15) is 13.2 Å². The molecule has 1 N–H and O–H groups in total. The highest BCUT2D eigenvalue weighted by atomic mass is 35.5. The van der Waals surface area contributed by atoms with Crippen molar-refractivity contribution in [2.24, 2.45) is 0 Å². The normalized spacial score (nSPS) is 18.0. The minimum Gasteiger partial charge on any atom is -0.485 e. The van der Waals surface area contributed by atoms with E-state index in [0.29, 0.717) is 61.1 Å². The number of fused-ring (bicyclic) bond motifs is 1. The lowest BCUT2D eigenvalue weighted by Gasteiger charge is -2.29. The largest absolute Gasteiger partial charge is 0.485 e. The maximum Gasteiger partial charge on any atom is 0.406 e. The fourth-order valence-electron chi connectivity index (χ4n) is 4.60. The number of hydrogen-bond acceptors (Lipinski definition) is 6. The predicted molar refractivity (Wildman–Crippen MR) is 142 cm³/mol. The monoisotopic (exact) mass is 582 g/mol. The van der Waals surface area contributed by atoms with E-state index >= 15 is 0 Å². The number of halogens is 5. The van der Waals surface area contributed by atoms with Gasteiger partial charge in [0, 0.05) is 46.0 Å². The Balaban J connectivity index is 1.56. The molecule has 0 bridgehead atoms. The van der Waals surface area contributed by atoms with Crippen molar-refractivity contribution in [3.05, 3.63) is 79.0 Å². The lowest BCUT2D eigenvalue weighted by molar-refractivity contribution is -0.141. The van der Waals surface area contributed by atoms with E-state index in [-0.39, 0.29) is 6.54 Å². The first-order valence-electron chi connectivity index (χ1n) is 12.1. The number of alkyl halides is 4. The molecule has 1 fully saturated rings. The van der Waals surface area contributed by atoms with Crippen LogP contribution in [0, 0.1) is 6.92 Å². The standard InChI is InChI=1S/C26H23ClF4N4O3S/c1-14-8-15(27)9-18(23(14)38-21-11-32-5-3-19(21)28)17-2-6-33-20-10-16(39-24(17)20)12-35-22(36)4-7-34(25(35)37)13-26(29,30)31/h2,4,6-10,19,21,32H,3,5,11-13H2,1H3/t19-,21+/m1/s1. The maximum atomic E-state index is 14.6. The number of aryl methyl sites for hydroxylation is 1. The molecule has 0 amide bonds. The maximum absolute atomic E-state index is 14.6. The first-order valence-corrected chi connectivity index (χ1v) is 13.3. The van der Waals surface area contributed by atoms with E-state index < -0.39 is 36.2 Å². The Morgan fingerprint density at radius 1 is 1.21 bits per heavy atom. The van der Waals surface area contributed by atoms with E-state index in [9.17, 15) is 27.2 Å². The van der Waals surface area contributed by atoms with Crippen LogP contribution in [-0.4, -0.2) is 45.7 Å². The third-order valence-corrected chi connectivity index (χ3v) is 7.77. The molecule has 39 heavy (non-hydrogen) atoms. The molecule has 0 unspecified atom stereocenters. The van der Waals surface area contributed by atoms with Gasteiger partial charge in [0.2, 0.25) is 0 Å². The number of ether oxygens (including phenoxy) is 1. The molecule has 2 atom stereocenters. The molecule has 3 aromatic heterocycles. The van der Waals surface area contributed by atoms with E-state index in [1.165, 1.54) is 11.3 Å². The van der Waals surface area contributed by atoms with Crippen molar-refractivity contribution in [1.82, 2.24) is 19.4 Å². The molecule has 1 aliphatic heterocycles. The number of hydrogen-bond donors (Lipinski definition) is 1. The molecular weight excluding hydrogens is 560 g/mol. The number of pyridine rings is 1. The first-order chi connectivity index (χ1) is 18.5. The molecule has 0 aliphatic carbocycles. The molecule has 7 nitrogen and oxygen atoms in total. The van der Waals surface area contributed by atoms with Crippen LogP contribution in [0.15, 0.2) is 52.3 Å². The summed E-state index contributed by atoms with van der Waals surface area (Å²) >= 11 is 7.63. The Morgan fingerprint density at radius 3 is 2.74 bits per heavy atom. The summed E-state index contributed by atoms with van der Waals surface area (Å²) in [5, 5.41) is 3.60. The number of aromatic nitrogens is 3. The van der Waals surface area contributed by atoms with Crippen LogP contribution >= 0.6 is 22.9 Å². The van der Waals surface area contributed by atoms with Crippen molar-refractivity contribution in [3.63, 3.8) is 0 Å². The second-order valence-electron chi connectivity index (χ2n) is 9.32. The number of benzene rings is 1. The quantitative estimate of drug-likeness (QED) is 0.326. The van der Waals surface area contributed by atoms with Gasteiger partial charge in [0.05, 0.1) is 16.8 Å². The van der Waals surface area contributed by atoms with Gasteiger partial charge in [0.1, 0.15) is 24.6 Å². The Kier molecular flexibility index (Phi) is 7.53. The molecule has 0 radical (unpaired) electrons. The van der Waals surface area contributed by atoms with Crippen molar-refractivity contribution >= 4 is 33.2 Å². The molecule has 0 saturated carbocycles. The average Bonchev–Trinajstić information content (AvgIpc) is 3.28. The van der Waals surface area contributed by atoms with Gasteiger partial charge in [0.25, 0.3) is 5.56 Å². The molecule has 0 spiro atoms. The van der Waals surface area contributed by atoms with Gasteiger partial charge in [-0.15, -0.1) is 11.3 Å². The lowest BCUT2D eigenvalue weighted by Crippen LogP contribution is -2.45. The number of nitrogens with one attached hydrogen (secondary N) is 1. The molecule has 1 aromatic carbocycles. The molecule has 4 heterocycles. The van der Waals surface area contributed by atoms with Crippen LogP contribution in [0.1, 0.15) is 16.9 Å². The van der Waals surface area contributed by atoms with Crippen molar-refractivity contribution in [3.8, 4) is 16.9 Å². The summed E-state index contributed by atoms with van der Waals surface area (Å²) < 4.78 is 61.4. The number of rotatable bonds is 6. The fraction of sp³-hybridized carbons (Fsp3) is 0.346. The SMILES string of the molecule is Cc1cc(Cl)cc(-c2ccnc3cc(Cn4c(=O)ccn(CC(F)(F)F)c4=O)sc23)c1O[C@H]1CNCC[C@H]1F. The minimum absolute atomic E-state index is 0.230. The van der Waals surface area contributed by atoms with Crippen molar-refractivity contribution < 1.29 is 22.3 Å². The zero-order valence-electron chi connectivity index (χ0n) is 20.6. The summed E-state index contributed by atoms with van der Waals surface area (Å²) in [6.45, 7) is 1.02. The smallest absolute Gasteiger partial charge is 0.406 e. The van der Waals surface area contributed by atoms with Crippen LogP contribution in [-0.2, 0) is 13.1 Å². The zero-order valence-corrected chi connectivity index (χ0v) is 22.2. The Morgan fingerprint density at radius 2 is 2.00 bits per heavy atom. The third kappa shape index (κ3) is 5.87. The fourth-order valence-corrected chi connectivity index (χ4v) is 6.00. The molecule has 1 aliphatic rings. The van der Waals surface area contributed by atoms with Gasteiger partial charge >= 0.3 is 11.9 Å². The summed E-state index contributed by atoms with van der Waals surface area (Å²) in [4.78, 5) is 30.0. The van der Waals surface area contributed by atoms with E-state index in [1.54, 1.807) is 30.5 Å². The van der Waals surface area contributed by atoms with Crippen LogP contribution in [0.3, 0.4) is 0 Å². The Hall–Kier alpha value is -3.22. The van der Waals surface area contributed by atoms with E-state index in [0.717, 1.165) is 22.4 Å². The molecule has 1 saturated heterocycles. The van der Waals surface area contributed by atoms with Crippen LogP contribution in [0.2, 0.25) is 5.02 Å². The molecular formula is C26H23ClF4N4O3S. The molecule has 206 valence electrons. The highest BCUT2D eigenvalue weighted by Crippen LogP contribution is 2.42. The topological polar surface area (TPSA) is 78.2 Å². The van der Waals surface area contributed by atoms with Gasteiger partial charge in [-0.1, -0.05) is 11.6 Å². The molecule has 13 heteroatoms. The minimum atomic E-state index is -4.62. The van der Waals surface area contributed by atoms with Crippen molar-refractivity contribution in [1.29, 1.82) is 0 Å². The van der Waals surface area contributed by atoms with Gasteiger partial charge in [0.15, 0.2) is 0 Å². The van der Waals surface area contributed by atoms with Gasteiger partial charge in [-0.25, -0.2) is 9.18 Å². The molecule has 4 aromatic rings. The summed E-state index contributed by atoms with van der Waals surface area (Å²) in [7, 11) is 0. The van der Waals surface area contributed by atoms with Crippen molar-refractivity contribution in [2.45, 2.75) is 44.9 Å². The summed E-state index contributed by atoms with van der Waals surface area (Å²) in [6.07, 6.45) is -3.68. The van der Waals surface area contributed by atoms with E-state index in [2.05, 4.69) is 10.3 Å². The second-order valence-corrected chi connectivity index (χ2v) is 10.9. The summed E-state index contributed by atoms with van der Waals surface area (Å²) in [5.41, 5.74) is 0.825. The van der Waals surface area contributed by atoms with E-state index in [4.69, 9.17) is 16.3 Å². The van der Waals surface area contributed by atoms with E-state index in [1.807, 2.05) is 6.92 Å². The van der Waals surface area contributed by atoms with Crippen LogP contribution in [0.5, 0.6) is 5.75 Å². The van der Waals surface area contributed by atoms with Gasteiger partial charge < -0.3 is 10.1 Å². The number of piperidine rings is 1. The van der Waals surface area contributed by atoms with Crippen LogP contribution in [0.25, 0.3) is 21.3 Å². The highest BCUT2D eigenvalue weighted by Gasteiger charge is 2.30. The highest BCUT2D eigenvalue weighted by molar-refractivity contribution is 7.19. The average molecular weight is 583 g/mol. The predicted octanol–water partition coefficient (Wildman–Crippen LogP) is 4.94. The Labute approximate surface area is 228 Å². The summed E-state index contributed by atoms with van der Waals surface area (Å²) in [6, 6.07) is 7.82. The lowest BCUT2D eigenvalue weighted by atomic mass is 10.0. The summed E-state index contributed by atoms with van der Waals surface area (Å²) in [5.74, 6) is 0.479. The van der Waals surface area contributed by atoms with Crippen molar-refractivity contribution in [2.75, 3.05) is 13.1 Å². The zero-order chi connectivity index (χ0) is 27.9. The van der Waals surface area contributed by atoms with Crippen LogP contribution in [0.4, 0.5) is 17.6 Å².